The van der Waals surface area contributed by atoms with Crippen molar-refractivity contribution in [2.45, 2.75) is 6.04 Å². The predicted octanol–water partition coefficient (Wildman–Crippen LogP) is 0.622. The van der Waals surface area contributed by atoms with E-state index in [-0.39, 0.29) is 12.6 Å². The minimum Gasteiger partial charge on any atom is -0.394 e. The lowest BCUT2D eigenvalue weighted by molar-refractivity contribution is 0.268. The van der Waals surface area contributed by atoms with Crippen LogP contribution < -0.4 is 5.73 Å². The van der Waals surface area contributed by atoms with Gasteiger partial charge in [0.15, 0.2) is 0 Å². The summed E-state index contributed by atoms with van der Waals surface area (Å²) in [6, 6.07) is 3.37. The van der Waals surface area contributed by atoms with Crippen molar-refractivity contribution in [3.8, 4) is 0 Å². The number of pyridine rings is 2. The maximum atomic E-state index is 8.89. The first-order valence-electron chi connectivity index (χ1n) is 4.37. The van der Waals surface area contributed by atoms with Gasteiger partial charge in [0, 0.05) is 24.0 Å². The Bertz CT molecular complexity index is 444. The molecule has 2 rings (SSSR count). The van der Waals surface area contributed by atoms with E-state index in [4.69, 9.17) is 10.8 Å². The van der Waals surface area contributed by atoms with Gasteiger partial charge in [-0.1, -0.05) is 0 Å². The second-order valence-corrected chi connectivity index (χ2v) is 3.13. The molecule has 72 valence electrons. The molecule has 4 nitrogen and oxygen atoms in total. The summed E-state index contributed by atoms with van der Waals surface area (Å²) in [4.78, 5) is 8.21. The van der Waals surface area contributed by atoms with Crippen LogP contribution in [0.25, 0.3) is 10.9 Å². The van der Waals surface area contributed by atoms with Crippen LogP contribution in [0, 0.1) is 0 Å². The first-order valence-corrected chi connectivity index (χ1v) is 4.37. The fraction of sp³-hybridized carbons (Fsp3) is 0.200. The van der Waals surface area contributed by atoms with Crippen LogP contribution in [-0.4, -0.2) is 21.7 Å². The molecule has 2 heterocycles. The van der Waals surface area contributed by atoms with Crippen LogP contribution >= 0.6 is 0 Å². The van der Waals surface area contributed by atoms with Gasteiger partial charge in [-0.2, -0.15) is 0 Å². The zero-order valence-electron chi connectivity index (χ0n) is 7.59. The van der Waals surface area contributed by atoms with Crippen molar-refractivity contribution < 1.29 is 5.11 Å². The molecule has 0 radical (unpaired) electrons. The van der Waals surface area contributed by atoms with Crippen molar-refractivity contribution in [1.82, 2.24) is 9.97 Å². The number of rotatable bonds is 2. The molecular formula is C10H11N3O. The van der Waals surface area contributed by atoms with Crippen molar-refractivity contribution in [3.63, 3.8) is 0 Å². The molecule has 0 aromatic carbocycles. The molecule has 1 atom stereocenters. The first-order chi connectivity index (χ1) is 6.81. The number of hydrogen-bond donors (Lipinski definition) is 2. The van der Waals surface area contributed by atoms with Gasteiger partial charge < -0.3 is 10.8 Å². The lowest BCUT2D eigenvalue weighted by atomic mass is 10.1. The summed E-state index contributed by atoms with van der Waals surface area (Å²) >= 11 is 0. The summed E-state index contributed by atoms with van der Waals surface area (Å²) in [6.07, 6.45) is 5.11. The molecule has 1 unspecified atom stereocenters. The molecule has 0 spiro atoms. The maximum absolute atomic E-state index is 8.89. The summed E-state index contributed by atoms with van der Waals surface area (Å²) in [7, 11) is 0. The monoisotopic (exact) mass is 189 g/mol. The van der Waals surface area contributed by atoms with E-state index in [0.29, 0.717) is 0 Å². The van der Waals surface area contributed by atoms with Gasteiger partial charge in [-0.15, -0.1) is 0 Å². The van der Waals surface area contributed by atoms with Gasteiger partial charge in [0.1, 0.15) is 0 Å². The molecule has 3 N–H and O–H groups in total. The van der Waals surface area contributed by atoms with Gasteiger partial charge in [0.25, 0.3) is 0 Å². The van der Waals surface area contributed by atoms with Crippen molar-refractivity contribution in [3.05, 3.63) is 36.3 Å². The van der Waals surface area contributed by atoms with E-state index >= 15 is 0 Å². The normalized spacial score (nSPS) is 13.0. The minimum atomic E-state index is -0.368. The molecule has 0 aliphatic rings. The minimum absolute atomic E-state index is 0.0759. The van der Waals surface area contributed by atoms with Gasteiger partial charge in [-0.3, -0.25) is 9.97 Å². The second-order valence-electron chi connectivity index (χ2n) is 3.13. The highest BCUT2D eigenvalue weighted by atomic mass is 16.3. The zero-order chi connectivity index (χ0) is 9.97. The number of aliphatic hydroxyl groups excluding tert-OH is 1. The third-order valence-corrected chi connectivity index (χ3v) is 2.13. The molecule has 14 heavy (non-hydrogen) atoms. The van der Waals surface area contributed by atoms with Crippen molar-refractivity contribution in [2.75, 3.05) is 6.61 Å². The van der Waals surface area contributed by atoms with Gasteiger partial charge in [0.2, 0.25) is 0 Å². The van der Waals surface area contributed by atoms with Crippen LogP contribution in [0.3, 0.4) is 0 Å². The van der Waals surface area contributed by atoms with Crippen LogP contribution in [0.15, 0.2) is 30.7 Å². The SMILES string of the molecule is NC(CO)c1cnc2ccncc2c1. The van der Waals surface area contributed by atoms with E-state index in [2.05, 4.69) is 9.97 Å². The molecular weight excluding hydrogens is 178 g/mol. The molecule has 0 saturated heterocycles. The Morgan fingerprint density at radius 3 is 3.07 bits per heavy atom. The van der Waals surface area contributed by atoms with Crippen LogP contribution in [0.1, 0.15) is 11.6 Å². The Morgan fingerprint density at radius 1 is 1.43 bits per heavy atom. The smallest absolute Gasteiger partial charge is 0.0732 e. The van der Waals surface area contributed by atoms with Gasteiger partial charge in [-0.05, 0) is 17.7 Å². The van der Waals surface area contributed by atoms with Gasteiger partial charge in [-0.25, -0.2) is 0 Å². The Labute approximate surface area is 81.4 Å². The highest BCUT2D eigenvalue weighted by Gasteiger charge is 2.05. The van der Waals surface area contributed by atoms with Crippen LogP contribution in [0.5, 0.6) is 0 Å². The molecule has 0 bridgehead atoms. The van der Waals surface area contributed by atoms with Crippen molar-refractivity contribution in [1.29, 1.82) is 0 Å². The lowest BCUT2D eigenvalue weighted by Gasteiger charge is -2.08. The average molecular weight is 189 g/mol. The van der Waals surface area contributed by atoms with Gasteiger partial charge in [0.05, 0.1) is 18.2 Å². The van der Waals surface area contributed by atoms with Crippen LogP contribution in [0.2, 0.25) is 0 Å². The molecule has 0 amide bonds. The van der Waals surface area contributed by atoms with E-state index < -0.39 is 0 Å². The second kappa shape index (κ2) is 3.69. The molecule has 0 saturated carbocycles. The summed E-state index contributed by atoms with van der Waals surface area (Å²) in [5, 5.41) is 9.83. The average Bonchev–Trinajstić information content (AvgIpc) is 2.27. The fourth-order valence-corrected chi connectivity index (χ4v) is 1.30. The van der Waals surface area contributed by atoms with Crippen molar-refractivity contribution in [2.24, 2.45) is 5.73 Å². The third-order valence-electron chi connectivity index (χ3n) is 2.13. The van der Waals surface area contributed by atoms with E-state index in [9.17, 15) is 0 Å². The standard InChI is InChI=1S/C10H11N3O/c11-9(6-14)7-3-8-4-12-2-1-10(8)13-5-7/h1-5,9,14H,6,11H2. The summed E-state index contributed by atoms with van der Waals surface area (Å²) in [5.74, 6) is 0. The summed E-state index contributed by atoms with van der Waals surface area (Å²) < 4.78 is 0. The largest absolute Gasteiger partial charge is 0.394 e. The summed E-state index contributed by atoms with van der Waals surface area (Å²) in [5.41, 5.74) is 7.38. The molecule has 2 aromatic rings. The Balaban J connectivity index is 2.51. The Hall–Kier alpha value is -1.52. The zero-order valence-corrected chi connectivity index (χ0v) is 7.59. The van der Waals surface area contributed by atoms with Crippen LogP contribution in [0.4, 0.5) is 0 Å². The van der Waals surface area contributed by atoms with Crippen LogP contribution in [-0.2, 0) is 0 Å². The molecule has 0 aliphatic heterocycles. The van der Waals surface area contributed by atoms with Crippen molar-refractivity contribution >= 4 is 10.9 Å². The lowest BCUT2D eigenvalue weighted by Crippen LogP contribution is -2.14. The number of nitrogens with two attached hydrogens (primary N) is 1. The fourth-order valence-electron chi connectivity index (χ4n) is 1.30. The quantitative estimate of drug-likeness (QED) is 0.726. The number of nitrogens with zero attached hydrogens (tertiary/aromatic N) is 2. The highest BCUT2D eigenvalue weighted by Crippen LogP contribution is 2.15. The van der Waals surface area contributed by atoms with Gasteiger partial charge >= 0.3 is 0 Å². The predicted molar refractivity (Wildman–Crippen MR) is 53.6 cm³/mol. The number of aromatic nitrogens is 2. The molecule has 0 fully saturated rings. The highest BCUT2D eigenvalue weighted by molar-refractivity contribution is 5.77. The maximum Gasteiger partial charge on any atom is 0.0732 e. The van der Waals surface area contributed by atoms with E-state index in [1.165, 1.54) is 0 Å². The number of hydrogen-bond acceptors (Lipinski definition) is 4. The Kier molecular flexibility index (Phi) is 2.39. The van der Waals surface area contributed by atoms with E-state index in [1.807, 2.05) is 12.1 Å². The number of fused-ring (bicyclic) bond motifs is 1. The first kappa shape index (κ1) is 9.05. The molecule has 0 aliphatic carbocycles. The summed E-state index contributed by atoms with van der Waals surface area (Å²) in [6.45, 7) is -0.0759. The third kappa shape index (κ3) is 1.57. The van der Waals surface area contributed by atoms with E-state index in [0.717, 1.165) is 16.5 Å². The Morgan fingerprint density at radius 2 is 2.29 bits per heavy atom. The molecule has 2 aromatic heterocycles. The molecule has 4 heteroatoms. The van der Waals surface area contributed by atoms with E-state index in [1.54, 1.807) is 18.6 Å². The topological polar surface area (TPSA) is 72.0 Å². The number of aliphatic hydroxyl groups is 1.